The number of aromatic nitrogens is 1. The molecule has 1 aromatic heterocycles. The second kappa shape index (κ2) is 7.90. The molecule has 0 saturated heterocycles. The third kappa shape index (κ3) is 3.66. The molecule has 0 bridgehead atoms. The summed E-state index contributed by atoms with van der Waals surface area (Å²) in [5, 5.41) is 3.98. The van der Waals surface area contributed by atoms with E-state index in [0.29, 0.717) is 12.2 Å². The van der Waals surface area contributed by atoms with Crippen LogP contribution in [-0.2, 0) is 4.79 Å². The summed E-state index contributed by atoms with van der Waals surface area (Å²) in [7, 11) is 0. The Bertz CT molecular complexity index is 1030. The van der Waals surface area contributed by atoms with E-state index in [2.05, 4.69) is 29.0 Å². The Balaban J connectivity index is 1.53. The SMILES string of the molecule is CCN(CC)CCOc1ccc2[nH]c(/C=C3\C(=O)Nc4ccccc43)cc2c1. The molecule has 0 fully saturated rings. The predicted molar refractivity (Wildman–Crippen MR) is 115 cm³/mol. The van der Waals surface area contributed by atoms with Crippen molar-refractivity contribution in [1.82, 2.24) is 9.88 Å². The molecule has 0 saturated carbocycles. The maximum atomic E-state index is 12.3. The number of carbonyl (C=O) groups is 1. The number of anilines is 1. The molecular weight excluding hydrogens is 350 g/mol. The molecule has 5 heteroatoms. The molecule has 1 amide bonds. The highest BCUT2D eigenvalue weighted by Gasteiger charge is 2.23. The van der Waals surface area contributed by atoms with Crippen LogP contribution in [0.25, 0.3) is 22.6 Å². The first-order valence-corrected chi connectivity index (χ1v) is 9.78. The molecule has 5 nitrogen and oxygen atoms in total. The van der Waals surface area contributed by atoms with E-state index in [0.717, 1.165) is 53.2 Å². The van der Waals surface area contributed by atoms with Crippen molar-refractivity contribution in [2.24, 2.45) is 0 Å². The lowest BCUT2D eigenvalue weighted by Gasteiger charge is -2.17. The van der Waals surface area contributed by atoms with Gasteiger partial charge in [0.1, 0.15) is 12.4 Å². The van der Waals surface area contributed by atoms with Crippen molar-refractivity contribution in [2.45, 2.75) is 13.8 Å². The van der Waals surface area contributed by atoms with E-state index in [1.54, 1.807) is 0 Å². The van der Waals surface area contributed by atoms with Gasteiger partial charge in [-0.05, 0) is 49.5 Å². The zero-order valence-electron chi connectivity index (χ0n) is 16.3. The number of benzene rings is 2. The monoisotopic (exact) mass is 375 g/mol. The van der Waals surface area contributed by atoms with Gasteiger partial charge in [0.25, 0.3) is 5.91 Å². The molecule has 3 aromatic rings. The molecule has 0 aliphatic carbocycles. The lowest BCUT2D eigenvalue weighted by Crippen LogP contribution is -2.27. The number of para-hydroxylation sites is 1. The molecular formula is C23H25N3O2. The normalized spacial score (nSPS) is 14.7. The van der Waals surface area contributed by atoms with Crippen LogP contribution in [0.4, 0.5) is 5.69 Å². The minimum atomic E-state index is -0.0692. The highest BCUT2D eigenvalue weighted by molar-refractivity contribution is 6.34. The average Bonchev–Trinajstić information content (AvgIpc) is 3.25. The van der Waals surface area contributed by atoms with Gasteiger partial charge in [-0.25, -0.2) is 0 Å². The van der Waals surface area contributed by atoms with Crippen molar-refractivity contribution < 1.29 is 9.53 Å². The second-order valence-electron chi connectivity index (χ2n) is 6.91. The molecule has 0 unspecified atom stereocenters. The molecule has 0 spiro atoms. The quantitative estimate of drug-likeness (QED) is 0.603. The van der Waals surface area contributed by atoms with E-state index in [1.165, 1.54) is 0 Å². The van der Waals surface area contributed by atoms with E-state index in [9.17, 15) is 4.79 Å². The molecule has 1 aliphatic rings. The molecule has 2 heterocycles. The fourth-order valence-electron chi connectivity index (χ4n) is 3.57. The van der Waals surface area contributed by atoms with Crippen molar-refractivity contribution in [1.29, 1.82) is 0 Å². The highest BCUT2D eigenvalue weighted by Crippen LogP contribution is 2.33. The summed E-state index contributed by atoms with van der Waals surface area (Å²) < 4.78 is 5.92. The van der Waals surface area contributed by atoms with Gasteiger partial charge in [0.05, 0.1) is 5.57 Å². The summed E-state index contributed by atoms with van der Waals surface area (Å²) in [6, 6.07) is 15.8. The molecule has 0 radical (unpaired) electrons. The van der Waals surface area contributed by atoms with Crippen LogP contribution >= 0.6 is 0 Å². The number of likely N-dealkylation sites (N-methyl/N-ethyl adjacent to an activating group) is 1. The van der Waals surface area contributed by atoms with Gasteiger partial charge in [-0.2, -0.15) is 0 Å². The number of hydrogen-bond donors (Lipinski definition) is 2. The Morgan fingerprint density at radius 3 is 2.71 bits per heavy atom. The van der Waals surface area contributed by atoms with Gasteiger partial charge in [0, 0.05) is 34.4 Å². The molecule has 0 atom stereocenters. The van der Waals surface area contributed by atoms with E-state index >= 15 is 0 Å². The summed E-state index contributed by atoms with van der Waals surface area (Å²) in [5.74, 6) is 0.794. The minimum Gasteiger partial charge on any atom is -0.492 e. The van der Waals surface area contributed by atoms with Crippen LogP contribution in [0.15, 0.2) is 48.5 Å². The summed E-state index contributed by atoms with van der Waals surface area (Å²) in [5.41, 5.74) is 4.40. The number of amides is 1. The van der Waals surface area contributed by atoms with Crippen molar-refractivity contribution in [2.75, 3.05) is 31.6 Å². The third-order valence-electron chi connectivity index (χ3n) is 5.19. The number of nitrogens with zero attached hydrogens (tertiary/aromatic N) is 1. The molecule has 4 rings (SSSR count). The summed E-state index contributed by atoms with van der Waals surface area (Å²) in [6.45, 7) is 7.98. The first-order valence-electron chi connectivity index (χ1n) is 9.78. The van der Waals surface area contributed by atoms with Gasteiger partial charge < -0.3 is 19.9 Å². The van der Waals surface area contributed by atoms with Gasteiger partial charge in [0.2, 0.25) is 0 Å². The first kappa shape index (κ1) is 18.3. The lowest BCUT2D eigenvalue weighted by atomic mass is 10.1. The molecule has 2 N–H and O–H groups in total. The Morgan fingerprint density at radius 2 is 1.89 bits per heavy atom. The fourth-order valence-corrected chi connectivity index (χ4v) is 3.57. The summed E-state index contributed by atoms with van der Waals surface area (Å²) in [6.07, 6.45) is 1.90. The number of H-pyrrole nitrogens is 1. The highest BCUT2D eigenvalue weighted by atomic mass is 16.5. The van der Waals surface area contributed by atoms with E-state index in [4.69, 9.17) is 4.74 Å². The average molecular weight is 375 g/mol. The van der Waals surface area contributed by atoms with Crippen molar-refractivity contribution in [3.8, 4) is 5.75 Å². The fraction of sp³-hybridized carbons (Fsp3) is 0.261. The number of aromatic amines is 1. The standard InChI is InChI=1S/C23H25N3O2/c1-3-26(4-2)11-12-28-18-9-10-21-16(14-18)13-17(24-21)15-20-19-7-5-6-8-22(19)25-23(20)27/h5-10,13-15,24H,3-4,11-12H2,1-2H3,(H,25,27)/b20-15-. The Morgan fingerprint density at radius 1 is 1.07 bits per heavy atom. The van der Waals surface area contributed by atoms with Crippen molar-refractivity contribution in [3.63, 3.8) is 0 Å². The van der Waals surface area contributed by atoms with E-state index < -0.39 is 0 Å². The van der Waals surface area contributed by atoms with Crippen LogP contribution in [0.5, 0.6) is 5.75 Å². The third-order valence-corrected chi connectivity index (χ3v) is 5.19. The maximum absolute atomic E-state index is 12.3. The summed E-state index contributed by atoms with van der Waals surface area (Å²) in [4.78, 5) is 18.0. The Hall–Kier alpha value is -3.05. The number of hydrogen-bond acceptors (Lipinski definition) is 3. The number of fused-ring (bicyclic) bond motifs is 2. The number of nitrogens with one attached hydrogen (secondary N) is 2. The van der Waals surface area contributed by atoms with Crippen LogP contribution < -0.4 is 10.1 Å². The zero-order chi connectivity index (χ0) is 19.5. The van der Waals surface area contributed by atoms with Crippen molar-refractivity contribution >= 4 is 34.1 Å². The molecule has 28 heavy (non-hydrogen) atoms. The van der Waals surface area contributed by atoms with Crippen LogP contribution in [0.3, 0.4) is 0 Å². The van der Waals surface area contributed by atoms with Gasteiger partial charge in [0.15, 0.2) is 0 Å². The second-order valence-corrected chi connectivity index (χ2v) is 6.91. The van der Waals surface area contributed by atoms with E-state index in [1.807, 2.05) is 54.6 Å². The molecule has 2 aromatic carbocycles. The number of rotatable bonds is 7. The lowest BCUT2D eigenvalue weighted by molar-refractivity contribution is -0.110. The van der Waals surface area contributed by atoms with Crippen LogP contribution in [0.2, 0.25) is 0 Å². The smallest absolute Gasteiger partial charge is 0.256 e. The molecule has 1 aliphatic heterocycles. The summed E-state index contributed by atoms with van der Waals surface area (Å²) >= 11 is 0. The Labute approximate surface area is 165 Å². The van der Waals surface area contributed by atoms with Gasteiger partial charge in [-0.1, -0.05) is 32.0 Å². The van der Waals surface area contributed by atoms with Crippen LogP contribution in [0, 0.1) is 0 Å². The van der Waals surface area contributed by atoms with Gasteiger partial charge in [-0.15, -0.1) is 0 Å². The zero-order valence-corrected chi connectivity index (χ0v) is 16.3. The number of carbonyl (C=O) groups excluding carboxylic acids is 1. The van der Waals surface area contributed by atoms with Gasteiger partial charge >= 0.3 is 0 Å². The predicted octanol–water partition coefficient (Wildman–Crippen LogP) is 4.38. The van der Waals surface area contributed by atoms with Crippen molar-refractivity contribution in [3.05, 3.63) is 59.8 Å². The maximum Gasteiger partial charge on any atom is 0.256 e. The van der Waals surface area contributed by atoms with Crippen LogP contribution in [-0.4, -0.2) is 42.0 Å². The minimum absolute atomic E-state index is 0.0692. The topological polar surface area (TPSA) is 57.4 Å². The van der Waals surface area contributed by atoms with Crippen LogP contribution in [0.1, 0.15) is 25.1 Å². The largest absolute Gasteiger partial charge is 0.492 e. The van der Waals surface area contributed by atoms with E-state index in [-0.39, 0.29) is 5.91 Å². The van der Waals surface area contributed by atoms with Gasteiger partial charge in [-0.3, -0.25) is 4.79 Å². The first-order chi connectivity index (χ1) is 13.7. The molecule has 144 valence electrons. The Kier molecular flexibility index (Phi) is 5.17. The number of ether oxygens (including phenoxy) is 1.